The van der Waals surface area contributed by atoms with E-state index in [1.54, 1.807) is 11.3 Å². The second-order valence-electron chi connectivity index (χ2n) is 7.59. The molecule has 0 spiro atoms. The van der Waals surface area contributed by atoms with Gasteiger partial charge >= 0.3 is 0 Å². The molecule has 0 saturated carbocycles. The van der Waals surface area contributed by atoms with E-state index in [1.807, 2.05) is 59.1 Å². The Kier molecular flexibility index (Phi) is 5.64. The number of thiophene rings is 1. The van der Waals surface area contributed by atoms with Gasteiger partial charge in [-0.15, -0.1) is 11.3 Å². The summed E-state index contributed by atoms with van der Waals surface area (Å²) in [5, 5.41) is 9.24. The molecule has 31 heavy (non-hydrogen) atoms. The quantitative estimate of drug-likeness (QED) is 0.507. The van der Waals surface area contributed by atoms with E-state index in [2.05, 4.69) is 36.8 Å². The number of nitrogens with zero attached hydrogens (tertiary/aromatic N) is 5. The van der Waals surface area contributed by atoms with Crippen LogP contribution in [-0.2, 0) is 6.54 Å². The Labute approximate surface area is 185 Å². The molecule has 5 rings (SSSR count). The van der Waals surface area contributed by atoms with Crippen LogP contribution >= 0.6 is 11.3 Å². The smallest absolute Gasteiger partial charge is 0.274 e. The van der Waals surface area contributed by atoms with Crippen molar-refractivity contribution in [2.75, 3.05) is 32.7 Å². The van der Waals surface area contributed by atoms with E-state index < -0.39 is 0 Å². The first-order valence-corrected chi connectivity index (χ1v) is 11.3. The molecule has 1 amide bonds. The van der Waals surface area contributed by atoms with Crippen LogP contribution in [-0.4, -0.2) is 68.2 Å². The Balaban J connectivity index is 1.15. The lowest BCUT2D eigenvalue weighted by molar-refractivity contribution is 0.0627. The van der Waals surface area contributed by atoms with E-state index in [4.69, 9.17) is 0 Å². The maximum absolute atomic E-state index is 12.9. The fourth-order valence-electron chi connectivity index (χ4n) is 3.91. The van der Waals surface area contributed by atoms with Crippen molar-refractivity contribution >= 4 is 17.2 Å². The molecular weight excluding hydrogens is 408 g/mol. The number of amides is 1. The Bertz CT molecular complexity index is 1130. The molecule has 1 fully saturated rings. The normalized spacial score (nSPS) is 14.8. The van der Waals surface area contributed by atoms with Gasteiger partial charge in [0.05, 0.1) is 10.6 Å². The van der Waals surface area contributed by atoms with Crippen molar-refractivity contribution in [3.8, 4) is 22.0 Å². The highest BCUT2D eigenvalue weighted by atomic mass is 32.1. The van der Waals surface area contributed by atoms with Crippen molar-refractivity contribution in [2.24, 2.45) is 0 Å². The predicted octanol–water partition coefficient (Wildman–Crippen LogP) is 3.46. The van der Waals surface area contributed by atoms with Crippen molar-refractivity contribution in [1.29, 1.82) is 0 Å². The lowest BCUT2D eigenvalue weighted by atomic mass is 10.2. The van der Waals surface area contributed by atoms with Crippen LogP contribution in [0.4, 0.5) is 0 Å². The fourth-order valence-corrected chi connectivity index (χ4v) is 4.60. The number of hydrogen-bond donors (Lipinski definition) is 1. The summed E-state index contributed by atoms with van der Waals surface area (Å²) in [6.45, 7) is 4.97. The lowest BCUT2D eigenvalue weighted by Gasteiger charge is -2.34. The molecule has 0 aliphatic carbocycles. The first-order valence-electron chi connectivity index (χ1n) is 10.5. The van der Waals surface area contributed by atoms with Gasteiger partial charge in [-0.3, -0.25) is 14.8 Å². The number of nitrogens with one attached hydrogen (secondary N) is 1. The van der Waals surface area contributed by atoms with Crippen molar-refractivity contribution in [3.63, 3.8) is 0 Å². The van der Waals surface area contributed by atoms with E-state index in [0.29, 0.717) is 5.69 Å². The standard InChI is InChI=1S/C23H24N6OS/c30-23(20-17-19(25-26-20)21-7-4-16-31-21)29-14-11-27(12-15-29)10-13-28-9-8-24-22(28)18-5-2-1-3-6-18/h1-9,16-17H,10-15H2,(H,25,26). The number of hydrogen-bond acceptors (Lipinski definition) is 5. The molecule has 0 radical (unpaired) electrons. The SMILES string of the molecule is O=C(c1cc(-c2cccs2)[nH]n1)N1CCN(CCn2ccnc2-c2ccccc2)CC1. The minimum Gasteiger partial charge on any atom is -0.335 e. The summed E-state index contributed by atoms with van der Waals surface area (Å²) in [7, 11) is 0. The number of H-pyrrole nitrogens is 1. The highest BCUT2D eigenvalue weighted by Gasteiger charge is 2.24. The number of aromatic amines is 1. The summed E-state index contributed by atoms with van der Waals surface area (Å²) in [6, 6.07) is 16.1. The molecule has 1 aliphatic heterocycles. The van der Waals surface area contributed by atoms with E-state index in [1.165, 1.54) is 0 Å². The Morgan fingerprint density at radius 3 is 2.65 bits per heavy atom. The summed E-state index contributed by atoms with van der Waals surface area (Å²) in [5.41, 5.74) is 2.51. The van der Waals surface area contributed by atoms with Gasteiger partial charge in [0.15, 0.2) is 5.69 Å². The number of aromatic nitrogens is 4. The molecule has 1 aromatic carbocycles. The second-order valence-corrected chi connectivity index (χ2v) is 8.54. The average molecular weight is 433 g/mol. The van der Waals surface area contributed by atoms with Gasteiger partial charge in [-0.25, -0.2) is 4.98 Å². The van der Waals surface area contributed by atoms with Gasteiger partial charge in [0, 0.05) is 57.2 Å². The molecule has 3 aromatic heterocycles. The van der Waals surface area contributed by atoms with E-state index in [9.17, 15) is 4.79 Å². The van der Waals surface area contributed by atoms with Gasteiger partial charge in [-0.2, -0.15) is 5.10 Å². The molecule has 7 nitrogen and oxygen atoms in total. The van der Waals surface area contributed by atoms with Crippen molar-refractivity contribution in [1.82, 2.24) is 29.5 Å². The van der Waals surface area contributed by atoms with E-state index in [0.717, 1.165) is 61.2 Å². The minimum absolute atomic E-state index is 0.000297. The molecule has 1 saturated heterocycles. The Morgan fingerprint density at radius 2 is 1.87 bits per heavy atom. The van der Waals surface area contributed by atoms with Crippen molar-refractivity contribution < 1.29 is 4.79 Å². The molecule has 4 heterocycles. The third kappa shape index (κ3) is 4.30. The highest BCUT2D eigenvalue weighted by molar-refractivity contribution is 7.13. The van der Waals surface area contributed by atoms with Crippen LogP contribution in [0.5, 0.6) is 0 Å². The molecular formula is C23H24N6OS. The molecule has 158 valence electrons. The fraction of sp³-hybridized carbons (Fsp3) is 0.261. The first kappa shape index (κ1) is 19.7. The van der Waals surface area contributed by atoms with Gasteiger partial charge in [0.25, 0.3) is 5.91 Å². The van der Waals surface area contributed by atoms with E-state index >= 15 is 0 Å². The van der Waals surface area contributed by atoms with Crippen LogP contribution in [0, 0.1) is 0 Å². The van der Waals surface area contributed by atoms with Crippen LogP contribution in [0.15, 0.2) is 66.3 Å². The summed E-state index contributed by atoms with van der Waals surface area (Å²) < 4.78 is 2.20. The second kappa shape index (κ2) is 8.87. The van der Waals surface area contributed by atoms with Crippen molar-refractivity contribution in [3.05, 3.63) is 72.0 Å². The zero-order valence-electron chi connectivity index (χ0n) is 17.1. The molecule has 1 N–H and O–H groups in total. The zero-order chi connectivity index (χ0) is 21.0. The minimum atomic E-state index is -0.000297. The number of piperazine rings is 1. The highest BCUT2D eigenvalue weighted by Crippen LogP contribution is 2.23. The summed E-state index contributed by atoms with van der Waals surface area (Å²) >= 11 is 1.63. The molecule has 8 heteroatoms. The monoisotopic (exact) mass is 432 g/mol. The topological polar surface area (TPSA) is 70.1 Å². The maximum atomic E-state index is 12.9. The number of rotatable bonds is 6. The van der Waals surface area contributed by atoms with Crippen LogP contribution in [0.1, 0.15) is 10.5 Å². The van der Waals surface area contributed by atoms with Gasteiger partial charge in [-0.05, 0) is 17.5 Å². The third-order valence-corrected chi connectivity index (χ3v) is 6.55. The van der Waals surface area contributed by atoms with Crippen LogP contribution in [0.2, 0.25) is 0 Å². The van der Waals surface area contributed by atoms with Gasteiger partial charge in [0.2, 0.25) is 0 Å². The van der Waals surface area contributed by atoms with Gasteiger partial charge in [0.1, 0.15) is 5.82 Å². The Morgan fingerprint density at radius 1 is 1.03 bits per heavy atom. The van der Waals surface area contributed by atoms with Gasteiger partial charge in [-0.1, -0.05) is 36.4 Å². The molecule has 0 unspecified atom stereocenters. The van der Waals surface area contributed by atoms with Crippen LogP contribution < -0.4 is 0 Å². The largest absolute Gasteiger partial charge is 0.335 e. The van der Waals surface area contributed by atoms with Gasteiger partial charge < -0.3 is 9.47 Å². The molecule has 4 aromatic rings. The van der Waals surface area contributed by atoms with E-state index in [-0.39, 0.29) is 5.91 Å². The number of carbonyl (C=O) groups is 1. The molecule has 1 aliphatic rings. The Hall–Kier alpha value is -3.23. The molecule has 0 bridgehead atoms. The third-order valence-electron chi connectivity index (χ3n) is 5.65. The van der Waals surface area contributed by atoms with Crippen LogP contribution in [0.3, 0.4) is 0 Å². The summed E-state index contributed by atoms with van der Waals surface area (Å²) in [6.07, 6.45) is 3.89. The maximum Gasteiger partial charge on any atom is 0.274 e. The summed E-state index contributed by atoms with van der Waals surface area (Å²) in [4.78, 5) is 22.8. The van der Waals surface area contributed by atoms with Crippen molar-refractivity contribution in [2.45, 2.75) is 6.54 Å². The summed E-state index contributed by atoms with van der Waals surface area (Å²) in [5.74, 6) is 0.995. The number of benzene rings is 1. The lowest BCUT2D eigenvalue weighted by Crippen LogP contribution is -2.49. The average Bonchev–Trinajstić information content (AvgIpc) is 3.59. The number of carbonyl (C=O) groups excluding carboxylic acids is 1. The number of imidazole rings is 1. The zero-order valence-corrected chi connectivity index (χ0v) is 18.0. The van der Waals surface area contributed by atoms with Crippen LogP contribution in [0.25, 0.3) is 22.0 Å². The molecule has 0 atom stereocenters. The first-order chi connectivity index (χ1) is 15.3. The predicted molar refractivity (Wildman–Crippen MR) is 122 cm³/mol.